The van der Waals surface area contributed by atoms with Crippen LogP contribution in [0.5, 0.6) is 0 Å². The van der Waals surface area contributed by atoms with Crippen molar-refractivity contribution >= 4 is 23.6 Å². The van der Waals surface area contributed by atoms with Gasteiger partial charge < -0.3 is 15.7 Å². The van der Waals surface area contributed by atoms with Gasteiger partial charge in [-0.25, -0.2) is 0 Å². The molecule has 1 unspecified atom stereocenters. The summed E-state index contributed by atoms with van der Waals surface area (Å²) in [6.45, 7) is 1.43. The molecule has 5 nitrogen and oxygen atoms in total. The second kappa shape index (κ2) is 8.43. The fraction of sp³-hybridized carbons (Fsp3) is 0.846. The van der Waals surface area contributed by atoms with E-state index in [0.29, 0.717) is 25.3 Å². The van der Waals surface area contributed by atoms with Crippen LogP contribution in [-0.4, -0.2) is 53.0 Å². The summed E-state index contributed by atoms with van der Waals surface area (Å²) in [7, 11) is 0. The number of carboxylic acids is 1. The van der Waals surface area contributed by atoms with Crippen molar-refractivity contribution in [1.29, 1.82) is 0 Å². The molecule has 0 aromatic heterocycles. The number of likely N-dealkylation sites (tertiary alicyclic amines) is 1. The Labute approximate surface area is 118 Å². The second-order valence-corrected chi connectivity index (χ2v) is 6.10. The maximum Gasteiger partial charge on any atom is 0.303 e. The van der Waals surface area contributed by atoms with Gasteiger partial charge in [0.1, 0.15) is 0 Å². The third kappa shape index (κ3) is 5.82. The molecule has 0 spiro atoms. The predicted molar refractivity (Wildman–Crippen MR) is 77.1 cm³/mol. The first kappa shape index (κ1) is 16.3. The van der Waals surface area contributed by atoms with E-state index in [1.165, 1.54) is 0 Å². The number of piperidine rings is 1. The summed E-state index contributed by atoms with van der Waals surface area (Å²) in [5.74, 6) is 0.458. The molecule has 0 saturated carbocycles. The number of carbonyl (C=O) groups excluding carboxylic acids is 1. The molecule has 1 aliphatic heterocycles. The molecule has 0 aliphatic carbocycles. The Bertz CT molecular complexity index is 312. The van der Waals surface area contributed by atoms with Crippen LogP contribution < -0.4 is 5.73 Å². The molecule has 2 atom stereocenters. The summed E-state index contributed by atoms with van der Waals surface area (Å²) in [5.41, 5.74) is 5.90. The molecule has 1 heterocycles. The van der Waals surface area contributed by atoms with Crippen molar-refractivity contribution in [2.75, 3.05) is 25.1 Å². The Morgan fingerprint density at radius 3 is 2.89 bits per heavy atom. The smallest absolute Gasteiger partial charge is 0.303 e. The minimum Gasteiger partial charge on any atom is -0.481 e. The van der Waals surface area contributed by atoms with E-state index in [1.54, 1.807) is 11.8 Å². The molecule has 110 valence electrons. The van der Waals surface area contributed by atoms with E-state index < -0.39 is 12.0 Å². The normalized spacial score (nSPS) is 21.2. The summed E-state index contributed by atoms with van der Waals surface area (Å²) in [6, 6.07) is -0.411. The first-order valence-corrected chi connectivity index (χ1v) is 8.19. The number of carbonyl (C=O) groups is 2. The van der Waals surface area contributed by atoms with Gasteiger partial charge in [-0.05, 0) is 43.6 Å². The molecule has 0 radical (unpaired) electrons. The topological polar surface area (TPSA) is 83.6 Å². The van der Waals surface area contributed by atoms with Crippen LogP contribution in [0.4, 0.5) is 0 Å². The molecule has 0 aromatic carbocycles. The molecule has 1 fully saturated rings. The minimum absolute atomic E-state index is 0.0223. The molecule has 1 aliphatic rings. The molecular formula is C13H24N2O3S. The Morgan fingerprint density at radius 2 is 2.26 bits per heavy atom. The number of hydrogen-bond acceptors (Lipinski definition) is 4. The number of carboxylic acid groups (broad SMARTS) is 1. The van der Waals surface area contributed by atoms with Crippen LogP contribution in [0.15, 0.2) is 0 Å². The van der Waals surface area contributed by atoms with Gasteiger partial charge in [0.05, 0.1) is 6.04 Å². The number of rotatable bonds is 7. The molecule has 6 heteroatoms. The van der Waals surface area contributed by atoms with E-state index >= 15 is 0 Å². The Kier molecular flexibility index (Phi) is 7.23. The number of hydrogen-bond donors (Lipinski definition) is 2. The van der Waals surface area contributed by atoms with Crippen molar-refractivity contribution in [2.24, 2.45) is 11.7 Å². The summed E-state index contributed by atoms with van der Waals surface area (Å²) < 4.78 is 0. The van der Waals surface area contributed by atoms with Gasteiger partial charge >= 0.3 is 5.97 Å². The zero-order valence-corrected chi connectivity index (χ0v) is 12.3. The van der Waals surface area contributed by atoms with Crippen molar-refractivity contribution in [3.8, 4) is 0 Å². The van der Waals surface area contributed by atoms with E-state index in [0.717, 1.165) is 25.1 Å². The van der Waals surface area contributed by atoms with Gasteiger partial charge in [0.15, 0.2) is 0 Å². The third-order valence-corrected chi connectivity index (χ3v) is 4.19. The Balaban J connectivity index is 2.40. The van der Waals surface area contributed by atoms with Crippen molar-refractivity contribution < 1.29 is 14.7 Å². The number of nitrogens with zero attached hydrogens (tertiary/aromatic N) is 1. The standard InChI is InChI=1S/C13H24N2O3S/c1-19-8-6-11(14)13(18)15-7-2-3-10(9-15)4-5-12(16)17/h10-11H,2-9,14H2,1H3,(H,16,17)/t10?,11-/m0/s1. The van der Waals surface area contributed by atoms with Crippen molar-refractivity contribution in [3.63, 3.8) is 0 Å². The lowest BCUT2D eigenvalue weighted by Gasteiger charge is -2.34. The fourth-order valence-corrected chi connectivity index (χ4v) is 2.92. The second-order valence-electron chi connectivity index (χ2n) is 5.11. The van der Waals surface area contributed by atoms with Crippen LogP contribution in [-0.2, 0) is 9.59 Å². The van der Waals surface area contributed by atoms with Crippen molar-refractivity contribution in [2.45, 2.75) is 38.1 Å². The molecule has 3 N–H and O–H groups in total. The van der Waals surface area contributed by atoms with E-state index in [-0.39, 0.29) is 12.3 Å². The van der Waals surface area contributed by atoms with Crippen LogP contribution in [0, 0.1) is 5.92 Å². The molecule has 1 amide bonds. The van der Waals surface area contributed by atoms with Crippen molar-refractivity contribution in [1.82, 2.24) is 4.90 Å². The van der Waals surface area contributed by atoms with Crippen molar-refractivity contribution in [3.05, 3.63) is 0 Å². The highest BCUT2D eigenvalue weighted by atomic mass is 32.2. The minimum atomic E-state index is -0.764. The number of thioether (sulfide) groups is 1. The lowest BCUT2D eigenvalue weighted by Crippen LogP contribution is -2.48. The van der Waals surface area contributed by atoms with Gasteiger partial charge in [0.2, 0.25) is 5.91 Å². The van der Waals surface area contributed by atoms with E-state index in [4.69, 9.17) is 10.8 Å². The summed E-state index contributed by atoms with van der Waals surface area (Å²) in [5, 5.41) is 8.70. The Morgan fingerprint density at radius 1 is 1.53 bits per heavy atom. The van der Waals surface area contributed by atoms with Gasteiger partial charge in [-0.15, -0.1) is 0 Å². The number of amides is 1. The molecule has 0 aromatic rings. The Hall–Kier alpha value is -0.750. The van der Waals surface area contributed by atoms with Gasteiger partial charge in [-0.2, -0.15) is 11.8 Å². The van der Waals surface area contributed by atoms with Crippen LogP contribution in [0.3, 0.4) is 0 Å². The van der Waals surface area contributed by atoms with E-state index in [1.807, 2.05) is 11.2 Å². The number of aliphatic carboxylic acids is 1. The monoisotopic (exact) mass is 288 g/mol. The predicted octanol–water partition coefficient (Wildman–Crippen LogP) is 1.17. The average molecular weight is 288 g/mol. The van der Waals surface area contributed by atoms with Crippen LogP contribution in [0.1, 0.15) is 32.1 Å². The highest BCUT2D eigenvalue weighted by Gasteiger charge is 2.26. The van der Waals surface area contributed by atoms with Crippen LogP contribution in [0.25, 0.3) is 0 Å². The molecule has 1 saturated heterocycles. The molecular weight excluding hydrogens is 264 g/mol. The summed E-state index contributed by atoms with van der Waals surface area (Å²) in [4.78, 5) is 24.6. The first-order valence-electron chi connectivity index (χ1n) is 6.79. The van der Waals surface area contributed by atoms with Gasteiger partial charge in [0, 0.05) is 19.5 Å². The average Bonchev–Trinajstić information content (AvgIpc) is 2.42. The largest absolute Gasteiger partial charge is 0.481 e. The first-order chi connectivity index (χ1) is 9.04. The number of nitrogens with two attached hydrogens (primary N) is 1. The SMILES string of the molecule is CSCC[C@H](N)C(=O)N1CCCC(CCC(=O)O)C1. The third-order valence-electron chi connectivity index (χ3n) is 3.55. The lowest BCUT2D eigenvalue weighted by molar-refractivity contribution is -0.137. The molecule has 19 heavy (non-hydrogen) atoms. The zero-order chi connectivity index (χ0) is 14.3. The zero-order valence-electron chi connectivity index (χ0n) is 11.5. The highest BCUT2D eigenvalue weighted by molar-refractivity contribution is 7.98. The quantitative estimate of drug-likeness (QED) is 0.734. The van der Waals surface area contributed by atoms with Crippen LogP contribution >= 0.6 is 11.8 Å². The van der Waals surface area contributed by atoms with E-state index in [2.05, 4.69) is 0 Å². The molecule has 1 rings (SSSR count). The highest BCUT2D eigenvalue weighted by Crippen LogP contribution is 2.21. The lowest BCUT2D eigenvalue weighted by atomic mass is 9.93. The van der Waals surface area contributed by atoms with E-state index in [9.17, 15) is 9.59 Å². The maximum absolute atomic E-state index is 12.2. The maximum atomic E-state index is 12.2. The van der Waals surface area contributed by atoms with Gasteiger partial charge in [-0.3, -0.25) is 9.59 Å². The molecule has 0 bridgehead atoms. The summed E-state index contributed by atoms with van der Waals surface area (Å²) >= 11 is 1.69. The summed E-state index contributed by atoms with van der Waals surface area (Å²) in [6.07, 6.45) is 5.50. The fourth-order valence-electron chi connectivity index (χ4n) is 2.43. The van der Waals surface area contributed by atoms with Gasteiger partial charge in [-0.1, -0.05) is 0 Å². The van der Waals surface area contributed by atoms with Gasteiger partial charge in [0.25, 0.3) is 0 Å². The van der Waals surface area contributed by atoms with Crippen LogP contribution in [0.2, 0.25) is 0 Å².